The lowest BCUT2D eigenvalue weighted by Gasteiger charge is -2.45. The van der Waals surface area contributed by atoms with Crippen molar-refractivity contribution in [3.63, 3.8) is 0 Å². The van der Waals surface area contributed by atoms with Crippen LogP contribution in [0.4, 0.5) is 3.89 Å². The summed E-state index contributed by atoms with van der Waals surface area (Å²) in [5, 5.41) is 0. The van der Waals surface area contributed by atoms with Crippen molar-refractivity contribution in [1.29, 1.82) is 0 Å². The van der Waals surface area contributed by atoms with Crippen molar-refractivity contribution in [2.24, 2.45) is 5.92 Å². The van der Waals surface area contributed by atoms with Crippen LogP contribution in [0.15, 0.2) is 0 Å². The second-order valence-corrected chi connectivity index (χ2v) is 7.69. The van der Waals surface area contributed by atoms with Crippen molar-refractivity contribution in [2.45, 2.75) is 24.8 Å². The van der Waals surface area contributed by atoms with E-state index in [4.69, 9.17) is 4.74 Å². The van der Waals surface area contributed by atoms with Gasteiger partial charge in [-0.3, -0.25) is 4.79 Å². The summed E-state index contributed by atoms with van der Waals surface area (Å²) < 4.78 is 39.7. The Morgan fingerprint density at radius 1 is 1.38 bits per heavy atom. The highest BCUT2D eigenvalue weighted by Gasteiger charge is 2.41. The van der Waals surface area contributed by atoms with Crippen molar-refractivity contribution in [2.75, 3.05) is 46.2 Å². The summed E-state index contributed by atoms with van der Waals surface area (Å²) in [6.07, 6.45) is 1.77. The van der Waals surface area contributed by atoms with E-state index in [1.165, 1.54) is 0 Å². The first-order valence-corrected chi connectivity index (χ1v) is 8.72. The van der Waals surface area contributed by atoms with Gasteiger partial charge >= 0.3 is 10.2 Å². The summed E-state index contributed by atoms with van der Waals surface area (Å²) in [5.74, 6) is -1.09. The molecule has 6 nitrogen and oxygen atoms in total. The SMILES string of the molecule is CN(C)C1(CN2CC(CS(=O)(=O)F)CC2=O)CCOCC1. The maximum atomic E-state index is 12.8. The van der Waals surface area contributed by atoms with E-state index in [1.807, 2.05) is 14.1 Å². The molecule has 2 fully saturated rings. The van der Waals surface area contributed by atoms with Crippen LogP contribution in [0.1, 0.15) is 19.3 Å². The van der Waals surface area contributed by atoms with Crippen molar-refractivity contribution in [3.8, 4) is 0 Å². The molecule has 1 unspecified atom stereocenters. The zero-order valence-electron chi connectivity index (χ0n) is 12.5. The number of ether oxygens (including phenoxy) is 1. The second-order valence-electron chi connectivity index (χ2n) is 6.28. The Labute approximate surface area is 125 Å². The van der Waals surface area contributed by atoms with Gasteiger partial charge in [-0.05, 0) is 26.9 Å². The van der Waals surface area contributed by atoms with Gasteiger partial charge in [0.1, 0.15) is 0 Å². The Morgan fingerprint density at radius 2 is 2.00 bits per heavy atom. The molecule has 0 radical (unpaired) electrons. The minimum absolute atomic E-state index is 0.0867. The third-order valence-corrected chi connectivity index (χ3v) is 5.46. The van der Waals surface area contributed by atoms with E-state index in [-0.39, 0.29) is 17.9 Å². The molecule has 2 aliphatic rings. The van der Waals surface area contributed by atoms with Gasteiger partial charge < -0.3 is 14.5 Å². The summed E-state index contributed by atoms with van der Waals surface area (Å²) in [5.41, 5.74) is -0.141. The first-order valence-electron chi connectivity index (χ1n) is 7.17. The van der Waals surface area contributed by atoms with Gasteiger partial charge in [0.2, 0.25) is 5.91 Å². The van der Waals surface area contributed by atoms with Crippen LogP contribution >= 0.6 is 0 Å². The number of nitrogens with zero attached hydrogens (tertiary/aromatic N) is 2. The number of rotatable bonds is 5. The van der Waals surface area contributed by atoms with E-state index in [9.17, 15) is 17.1 Å². The molecule has 0 bridgehead atoms. The molecule has 1 amide bonds. The zero-order valence-corrected chi connectivity index (χ0v) is 13.4. The molecule has 122 valence electrons. The van der Waals surface area contributed by atoms with E-state index < -0.39 is 21.9 Å². The van der Waals surface area contributed by atoms with Crippen LogP contribution in [-0.4, -0.2) is 75.8 Å². The average molecular weight is 322 g/mol. The summed E-state index contributed by atoms with van der Waals surface area (Å²) in [4.78, 5) is 15.9. The third kappa shape index (κ3) is 4.14. The fraction of sp³-hybridized carbons (Fsp3) is 0.923. The van der Waals surface area contributed by atoms with Gasteiger partial charge in [-0.25, -0.2) is 0 Å². The van der Waals surface area contributed by atoms with Crippen LogP contribution in [0.5, 0.6) is 0 Å². The third-order valence-electron chi connectivity index (χ3n) is 4.59. The van der Waals surface area contributed by atoms with E-state index in [2.05, 4.69) is 4.90 Å². The minimum atomic E-state index is -4.53. The first-order chi connectivity index (χ1) is 9.72. The molecule has 2 saturated heterocycles. The fourth-order valence-corrected chi connectivity index (χ4v) is 4.04. The highest BCUT2D eigenvalue weighted by atomic mass is 32.3. The van der Waals surface area contributed by atoms with Crippen molar-refractivity contribution in [3.05, 3.63) is 0 Å². The standard InChI is InChI=1S/C13H23FN2O4S/c1-15(2)13(3-5-20-6-4-13)10-16-8-11(7-12(16)17)9-21(14,18)19/h11H,3-10H2,1-2H3. The van der Waals surface area contributed by atoms with Gasteiger partial charge in [0.05, 0.1) is 5.75 Å². The molecule has 0 aliphatic carbocycles. The molecule has 0 N–H and O–H groups in total. The van der Waals surface area contributed by atoms with E-state index in [1.54, 1.807) is 4.90 Å². The molecule has 0 spiro atoms. The van der Waals surface area contributed by atoms with Crippen LogP contribution in [0.2, 0.25) is 0 Å². The van der Waals surface area contributed by atoms with Crippen molar-refractivity contribution < 1.29 is 21.8 Å². The quantitative estimate of drug-likeness (QED) is 0.679. The van der Waals surface area contributed by atoms with Gasteiger partial charge in [-0.1, -0.05) is 0 Å². The molecule has 21 heavy (non-hydrogen) atoms. The van der Waals surface area contributed by atoms with Crippen LogP contribution in [0, 0.1) is 5.92 Å². The summed E-state index contributed by atoms with van der Waals surface area (Å²) in [6, 6.07) is 0. The topological polar surface area (TPSA) is 66.9 Å². The molecule has 0 aromatic carbocycles. The maximum Gasteiger partial charge on any atom is 0.302 e. The average Bonchev–Trinajstić information content (AvgIpc) is 2.68. The summed E-state index contributed by atoms with van der Waals surface area (Å²) in [7, 11) is -0.565. The van der Waals surface area contributed by atoms with E-state index in [0.717, 1.165) is 12.8 Å². The smallest absolute Gasteiger partial charge is 0.302 e. The Balaban J connectivity index is 2.03. The minimum Gasteiger partial charge on any atom is -0.381 e. The normalized spacial score (nSPS) is 26.6. The molecule has 1 atom stereocenters. The lowest BCUT2D eigenvalue weighted by atomic mass is 9.88. The number of amides is 1. The van der Waals surface area contributed by atoms with Crippen molar-refractivity contribution >= 4 is 16.1 Å². The molecule has 0 aromatic rings. The lowest BCUT2D eigenvalue weighted by molar-refractivity contribution is -0.130. The largest absolute Gasteiger partial charge is 0.381 e. The number of likely N-dealkylation sites (tertiary alicyclic amines) is 1. The summed E-state index contributed by atoms with van der Waals surface area (Å²) in [6.45, 7) is 2.18. The monoisotopic (exact) mass is 322 g/mol. The Hall–Kier alpha value is -0.730. The molecule has 2 rings (SSSR count). The molecular formula is C13H23FN2O4S. The van der Waals surface area contributed by atoms with Gasteiger partial charge in [0, 0.05) is 44.2 Å². The molecule has 2 aliphatic heterocycles. The number of carbonyl (C=O) groups is 1. The Kier molecular flexibility index (Phi) is 4.89. The molecule has 2 heterocycles. The zero-order chi connectivity index (χ0) is 15.7. The molecule has 0 saturated carbocycles. The van der Waals surface area contributed by atoms with Gasteiger partial charge in [0.25, 0.3) is 0 Å². The Morgan fingerprint density at radius 3 is 2.52 bits per heavy atom. The van der Waals surface area contributed by atoms with Crippen LogP contribution in [0.25, 0.3) is 0 Å². The van der Waals surface area contributed by atoms with Gasteiger partial charge in [0.15, 0.2) is 0 Å². The molecule has 0 aromatic heterocycles. The maximum absolute atomic E-state index is 12.8. The Bertz CT molecular complexity index is 488. The van der Waals surface area contributed by atoms with Crippen LogP contribution < -0.4 is 0 Å². The van der Waals surface area contributed by atoms with Crippen LogP contribution in [0.3, 0.4) is 0 Å². The van der Waals surface area contributed by atoms with Gasteiger partial charge in [-0.15, -0.1) is 3.89 Å². The number of carbonyl (C=O) groups excluding carboxylic acids is 1. The first kappa shape index (κ1) is 16.6. The number of hydrogen-bond acceptors (Lipinski definition) is 5. The van der Waals surface area contributed by atoms with Gasteiger partial charge in [-0.2, -0.15) is 8.42 Å². The van der Waals surface area contributed by atoms with Crippen LogP contribution in [-0.2, 0) is 19.8 Å². The molecule has 8 heteroatoms. The number of halogens is 1. The highest BCUT2D eigenvalue weighted by molar-refractivity contribution is 7.86. The second kappa shape index (κ2) is 6.18. The summed E-state index contributed by atoms with van der Waals surface area (Å²) >= 11 is 0. The highest BCUT2D eigenvalue weighted by Crippen LogP contribution is 2.30. The van der Waals surface area contributed by atoms with E-state index >= 15 is 0 Å². The fourth-order valence-electron chi connectivity index (χ4n) is 3.25. The molecular weight excluding hydrogens is 299 g/mol. The number of likely N-dealkylation sites (N-methyl/N-ethyl adjacent to an activating group) is 1. The predicted molar refractivity (Wildman–Crippen MR) is 76.1 cm³/mol. The predicted octanol–water partition coefficient (Wildman–Crippen LogP) is 0.245. The lowest BCUT2D eigenvalue weighted by Crippen LogP contribution is -2.56. The van der Waals surface area contributed by atoms with E-state index in [0.29, 0.717) is 26.3 Å². The van der Waals surface area contributed by atoms with Crippen molar-refractivity contribution in [1.82, 2.24) is 9.80 Å². The number of hydrogen-bond donors (Lipinski definition) is 0.